The predicted octanol–water partition coefficient (Wildman–Crippen LogP) is 6.86. The third-order valence-electron chi connectivity index (χ3n) is 4.95. The lowest BCUT2D eigenvalue weighted by Gasteiger charge is -2.08. The van der Waals surface area contributed by atoms with E-state index >= 15 is 0 Å². The molecule has 3 aromatic rings. The van der Waals surface area contributed by atoms with Crippen LogP contribution in [0.1, 0.15) is 51.5 Å². The molecule has 29 heavy (non-hydrogen) atoms. The first-order valence-electron chi connectivity index (χ1n) is 10.5. The molecule has 0 N–H and O–H groups in total. The van der Waals surface area contributed by atoms with Gasteiger partial charge in [-0.15, -0.1) is 0 Å². The fraction of sp³-hybridized carbons (Fsp3) is 0.360. The van der Waals surface area contributed by atoms with Gasteiger partial charge < -0.3 is 4.74 Å². The molecular formula is C25H29FN2O. The molecule has 152 valence electrons. The number of hydrogen-bond acceptors (Lipinski definition) is 3. The van der Waals surface area contributed by atoms with Gasteiger partial charge in [0, 0.05) is 23.5 Å². The fourth-order valence-electron chi connectivity index (χ4n) is 3.15. The van der Waals surface area contributed by atoms with E-state index < -0.39 is 0 Å². The summed E-state index contributed by atoms with van der Waals surface area (Å²) in [7, 11) is 0. The van der Waals surface area contributed by atoms with Crippen LogP contribution in [0.5, 0.6) is 5.75 Å². The molecule has 0 bridgehead atoms. The number of aromatic nitrogens is 2. The van der Waals surface area contributed by atoms with E-state index in [2.05, 4.69) is 48.1 Å². The quantitative estimate of drug-likeness (QED) is 0.353. The van der Waals surface area contributed by atoms with Crippen LogP contribution in [0.4, 0.5) is 4.39 Å². The number of benzene rings is 2. The highest BCUT2D eigenvalue weighted by molar-refractivity contribution is 5.64. The number of unbranched alkanes of at least 4 members (excludes halogenated alkanes) is 3. The number of aryl methyl sites for hydroxylation is 1. The summed E-state index contributed by atoms with van der Waals surface area (Å²) in [5.74, 6) is 0.395. The molecule has 3 nitrogen and oxygen atoms in total. The second-order valence-electron chi connectivity index (χ2n) is 7.30. The molecule has 1 aromatic heterocycles. The monoisotopic (exact) mass is 392 g/mol. The van der Waals surface area contributed by atoms with Crippen molar-refractivity contribution < 1.29 is 9.13 Å². The van der Waals surface area contributed by atoms with E-state index in [0.717, 1.165) is 30.4 Å². The van der Waals surface area contributed by atoms with Crippen molar-refractivity contribution in [1.29, 1.82) is 0 Å². The highest BCUT2D eigenvalue weighted by atomic mass is 19.1. The van der Waals surface area contributed by atoms with E-state index in [-0.39, 0.29) is 11.6 Å². The van der Waals surface area contributed by atoms with Gasteiger partial charge in [0.05, 0.1) is 6.61 Å². The minimum absolute atomic E-state index is 0.276. The van der Waals surface area contributed by atoms with E-state index in [4.69, 9.17) is 4.74 Å². The van der Waals surface area contributed by atoms with Crippen LogP contribution in [0.15, 0.2) is 54.9 Å². The van der Waals surface area contributed by atoms with Crippen LogP contribution in [0, 0.1) is 5.82 Å². The molecule has 0 spiro atoms. The molecular weight excluding hydrogens is 363 g/mol. The van der Waals surface area contributed by atoms with E-state index in [1.54, 1.807) is 24.5 Å². The van der Waals surface area contributed by atoms with Crippen LogP contribution in [-0.2, 0) is 6.42 Å². The summed E-state index contributed by atoms with van der Waals surface area (Å²) < 4.78 is 19.7. The number of rotatable bonds is 10. The van der Waals surface area contributed by atoms with Crippen molar-refractivity contribution in [3.05, 3.63) is 66.2 Å². The average molecular weight is 393 g/mol. The average Bonchev–Trinajstić information content (AvgIpc) is 2.76. The summed E-state index contributed by atoms with van der Waals surface area (Å²) >= 11 is 0. The minimum atomic E-state index is -0.384. The summed E-state index contributed by atoms with van der Waals surface area (Å²) in [5.41, 5.74) is 4.04. The van der Waals surface area contributed by atoms with Gasteiger partial charge in [0.1, 0.15) is 0 Å². The first-order chi connectivity index (χ1) is 14.2. The Morgan fingerprint density at radius 3 is 2.14 bits per heavy atom. The summed E-state index contributed by atoms with van der Waals surface area (Å²) in [4.78, 5) is 8.87. The van der Waals surface area contributed by atoms with Crippen molar-refractivity contribution in [2.75, 3.05) is 6.61 Å². The summed E-state index contributed by atoms with van der Waals surface area (Å²) in [5, 5.41) is 0. The molecule has 0 radical (unpaired) electrons. The molecule has 0 aliphatic carbocycles. The van der Waals surface area contributed by atoms with Crippen molar-refractivity contribution in [3.63, 3.8) is 0 Å². The maximum atomic E-state index is 14.3. The van der Waals surface area contributed by atoms with Crippen LogP contribution in [0.2, 0.25) is 0 Å². The summed E-state index contributed by atoms with van der Waals surface area (Å²) in [6.45, 7) is 4.82. The summed E-state index contributed by atoms with van der Waals surface area (Å²) in [6, 6.07) is 13.4. The Hall–Kier alpha value is -2.75. The molecule has 1 heterocycles. The van der Waals surface area contributed by atoms with Gasteiger partial charge in [0.25, 0.3) is 0 Å². The normalized spacial score (nSPS) is 10.9. The number of hydrogen-bond donors (Lipinski definition) is 0. The standard InChI is InChI=1S/C25H29FN2O/c1-3-5-7-8-19-9-11-20(12-10-19)22-17-27-25(28-18-22)21-13-14-24(23(26)16-21)29-15-6-4-2/h9-14,16-18H,3-8,15H2,1-2H3. The van der Waals surface area contributed by atoms with Gasteiger partial charge in [0.2, 0.25) is 0 Å². The molecule has 0 saturated heterocycles. The zero-order valence-electron chi connectivity index (χ0n) is 17.3. The van der Waals surface area contributed by atoms with Crippen LogP contribution >= 0.6 is 0 Å². The Labute approximate surface area is 173 Å². The Morgan fingerprint density at radius 2 is 1.48 bits per heavy atom. The Bertz CT molecular complexity index is 892. The highest BCUT2D eigenvalue weighted by Crippen LogP contribution is 2.25. The van der Waals surface area contributed by atoms with Gasteiger partial charge in [0.15, 0.2) is 17.4 Å². The zero-order chi connectivity index (χ0) is 20.5. The third kappa shape index (κ3) is 5.86. The Balaban J connectivity index is 1.67. The molecule has 4 heteroatoms. The van der Waals surface area contributed by atoms with Crippen LogP contribution < -0.4 is 4.74 Å². The van der Waals surface area contributed by atoms with E-state index in [1.807, 2.05) is 0 Å². The van der Waals surface area contributed by atoms with Crippen molar-refractivity contribution in [2.24, 2.45) is 0 Å². The first-order valence-corrected chi connectivity index (χ1v) is 10.5. The fourth-order valence-corrected chi connectivity index (χ4v) is 3.15. The van der Waals surface area contributed by atoms with Gasteiger partial charge in [-0.05, 0) is 48.6 Å². The van der Waals surface area contributed by atoms with E-state index in [1.165, 1.54) is 30.9 Å². The van der Waals surface area contributed by atoms with Crippen molar-refractivity contribution in [3.8, 4) is 28.3 Å². The van der Waals surface area contributed by atoms with Crippen LogP contribution in [-0.4, -0.2) is 16.6 Å². The van der Waals surface area contributed by atoms with Gasteiger partial charge in [-0.2, -0.15) is 0 Å². The lowest BCUT2D eigenvalue weighted by Crippen LogP contribution is -1.99. The maximum absolute atomic E-state index is 14.3. The second-order valence-corrected chi connectivity index (χ2v) is 7.30. The number of halogens is 1. The molecule has 0 fully saturated rings. The second kappa shape index (κ2) is 10.7. The van der Waals surface area contributed by atoms with E-state index in [9.17, 15) is 4.39 Å². The van der Waals surface area contributed by atoms with Gasteiger partial charge in [-0.3, -0.25) is 0 Å². The predicted molar refractivity (Wildman–Crippen MR) is 116 cm³/mol. The largest absolute Gasteiger partial charge is 0.491 e. The molecule has 3 rings (SSSR count). The molecule has 0 saturated carbocycles. The topological polar surface area (TPSA) is 35.0 Å². The van der Waals surface area contributed by atoms with Crippen molar-refractivity contribution in [1.82, 2.24) is 9.97 Å². The van der Waals surface area contributed by atoms with Gasteiger partial charge in [-0.25, -0.2) is 14.4 Å². The number of ether oxygens (including phenoxy) is 1. The summed E-state index contributed by atoms with van der Waals surface area (Å²) in [6.07, 6.45) is 10.4. The Kier molecular flexibility index (Phi) is 7.74. The van der Waals surface area contributed by atoms with Crippen LogP contribution in [0.25, 0.3) is 22.5 Å². The first kappa shape index (κ1) is 21.0. The molecule has 0 atom stereocenters. The maximum Gasteiger partial charge on any atom is 0.165 e. The molecule has 0 aliphatic rings. The smallest absolute Gasteiger partial charge is 0.165 e. The zero-order valence-corrected chi connectivity index (χ0v) is 17.3. The van der Waals surface area contributed by atoms with Gasteiger partial charge >= 0.3 is 0 Å². The van der Waals surface area contributed by atoms with Crippen molar-refractivity contribution in [2.45, 2.75) is 52.4 Å². The lowest BCUT2D eigenvalue weighted by atomic mass is 10.0. The molecule has 0 amide bonds. The molecule has 0 aliphatic heterocycles. The van der Waals surface area contributed by atoms with Crippen LogP contribution in [0.3, 0.4) is 0 Å². The van der Waals surface area contributed by atoms with Gasteiger partial charge in [-0.1, -0.05) is 57.4 Å². The number of nitrogens with zero attached hydrogens (tertiary/aromatic N) is 2. The minimum Gasteiger partial charge on any atom is -0.491 e. The highest BCUT2D eigenvalue weighted by Gasteiger charge is 2.09. The Morgan fingerprint density at radius 1 is 0.793 bits per heavy atom. The molecule has 0 unspecified atom stereocenters. The third-order valence-corrected chi connectivity index (χ3v) is 4.95. The lowest BCUT2D eigenvalue weighted by molar-refractivity contribution is 0.294. The molecule has 2 aromatic carbocycles. The SMILES string of the molecule is CCCCCc1ccc(-c2cnc(-c3ccc(OCCCC)c(F)c3)nc2)cc1. The van der Waals surface area contributed by atoms with Crippen molar-refractivity contribution >= 4 is 0 Å². The van der Waals surface area contributed by atoms with E-state index in [0.29, 0.717) is 18.0 Å².